The van der Waals surface area contributed by atoms with E-state index in [9.17, 15) is 4.89 Å². The van der Waals surface area contributed by atoms with Gasteiger partial charge in [-0.05, 0) is 33.6 Å². The van der Waals surface area contributed by atoms with Crippen LogP contribution in [0.25, 0.3) is 0 Å². The molecule has 0 rings (SSSR count). The Morgan fingerprint density at radius 3 is 1.50 bits per heavy atom. The third kappa shape index (κ3) is 24.8. The molecular formula is C17H41N2O2P. The van der Waals surface area contributed by atoms with Crippen molar-refractivity contribution in [3.8, 4) is 6.07 Å². The Balaban J connectivity index is -0.000000170. The zero-order valence-corrected chi connectivity index (χ0v) is 17.7. The minimum absolute atomic E-state index is 0.244. The van der Waals surface area contributed by atoms with E-state index in [0.717, 1.165) is 5.92 Å². The van der Waals surface area contributed by atoms with Gasteiger partial charge in [-0.3, -0.25) is 0 Å². The van der Waals surface area contributed by atoms with Crippen molar-refractivity contribution in [2.45, 2.75) is 94.7 Å². The van der Waals surface area contributed by atoms with Crippen LogP contribution in [0.15, 0.2) is 0 Å². The summed E-state index contributed by atoms with van der Waals surface area (Å²) >= 11 is 0. The van der Waals surface area contributed by atoms with Gasteiger partial charge in [0.15, 0.2) is 0 Å². The molecule has 0 aromatic rings. The van der Waals surface area contributed by atoms with E-state index >= 15 is 0 Å². The molecular weight excluding hydrogens is 295 g/mol. The minimum Gasteiger partial charge on any atom is -0.338 e. The Hall–Kier alpha value is -0.200. The lowest BCUT2D eigenvalue weighted by atomic mass is 10.3. The predicted molar refractivity (Wildman–Crippen MR) is 101 cm³/mol. The molecule has 0 radical (unpaired) electrons. The average Bonchev–Trinajstić information content (AvgIpc) is 2.42. The maximum absolute atomic E-state index is 9.74. The fraction of sp³-hybridized carbons (Fsp3) is 0.941. The third-order valence-electron chi connectivity index (χ3n) is 1.68. The van der Waals surface area contributed by atoms with Crippen molar-refractivity contribution >= 4 is 8.53 Å². The molecule has 0 heterocycles. The van der Waals surface area contributed by atoms with Crippen molar-refractivity contribution in [3.63, 3.8) is 0 Å². The summed E-state index contributed by atoms with van der Waals surface area (Å²) in [5.41, 5.74) is 0. The molecule has 0 aliphatic heterocycles. The van der Waals surface area contributed by atoms with Crippen LogP contribution < -0.4 is 0 Å². The fourth-order valence-electron chi connectivity index (χ4n) is 1.23. The quantitative estimate of drug-likeness (QED) is 0.479. The van der Waals surface area contributed by atoms with Crippen LogP contribution in [-0.2, 0) is 4.52 Å². The van der Waals surface area contributed by atoms with E-state index in [-0.39, 0.29) is 12.1 Å². The molecule has 0 amide bonds. The first-order valence-corrected chi connectivity index (χ1v) is 9.67. The summed E-state index contributed by atoms with van der Waals surface area (Å²) in [6.07, 6.45) is 0.323. The Morgan fingerprint density at radius 1 is 0.955 bits per heavy atom. The normalized spacial score (nSPS) is 10.9. The van der Waals surface area contributed by atoms with Crippen molar-refractivity contribution in [2.75, 3.05) is 6.61 Å². The minimum atomic E-state index is -1.55. The monoisotopic (exact) mass is 336 g/mol. The lowest BCUT2D eigenvalue weighted by molar-refractivity contribution is 0.215. The number of nitriles is 1. The molecule has 1 unspecified atom stereocenters. The number of hydrogen-bond donors (Lipinski definition) is 1. The van der Waals surface area contributed by atoms with E-state index in [4.69, 9.17) is 9.79 Å². The van der Waals surface area contributed by atoms with Crippen LogP contribution in [0.4, 0.5) is 0 Å². The Morgan fingerprint density at radius 2 is 1.27 bits per heavy atom. The van der Waals surface area contributed by atoms with Crippen LogP contribution in [0, 0.1) is 17.2 Å². The predicted octanol–water partition coefficient (Wildman–Crippen LogP) is 5.97. The maximum Gasteiger partial charge on any atom is 0.256 e. The Labute approximate surface area is 141 Å². The van der Waals surface area contributed by atoms with Crippen LogP contribution >= 0.6 is 8.53 Å². The van der Waals surface area contributed by atoms with E-state index < -0.39 is 8.53 Å². The molecule has 22 heavy (non-hydrogen) atoms. The average molecular weight is 337 g/mol. The molecule has 0 aromatic carbocycles. The van der Waals surface area contributed by atoms with Gasteiger partial charge < -0.3 is 9.42 Å². The fourth-order valence-corrected chi connectivity index (χ4v) is 2.41. The van der Waals surface area contributed by atoms with E-state index in [1.807, 2.05) is 66.1 Å². The lowest BCUT2D eigenvalue weighted by Crippen LogP contribution is -2.32. The third-order valence-corrected chi connectivity index (χ3v) is 3.41. The molecule has 0 aliphatic carbocycles. The van der Waals surface area contributed by atoms with Gasteiger partial charge in [0.1, 0.15) is 0 Å². The molecule has 0 aliphatic rings. The molecule has 0 saturated carbocycles. The highest BCUT2D eigenvalue weighted by Crippen LogP contribution is 2.40. The molecule has 1 N–H and O–H groups in total. The largest absolute Gasteiger partial charge is 0.338 e. The molecule has 1 atom stereocenters. The smallest absolute Gasteiger partial charge is 0.256 e. The summed E-state index contributed by atoms with van der Waals surface area (Å²) in [6, 6.07) is 2.46. The van der Waals surface area contributed by atoms with Gasteiger partial charge in [0.05, 0.1) is 19.1 Å². The van der Waals surface area contributed by atoms with Gasteiger partial charge in [0, 0.05) is 12.1 Å². The molecule has 0 bridgehead atoms. The Kier molecular flexibility index (Phi) is 31.2. The van der Waals surface area contributed by atoms with Crippen molar-refractivity contribution in [1.29, 1.82) is 5.26 Å². The number of rotatable bonds is 6. The van der Waals surface area contributed by atoms with Gasteiger partial charge in [0.25, 0.3) is 8.53 Å². The maximum atomic E-state index is 9.74. The van der Waals surface area contributed by atoms with Crippen LogP contribution in [-0.4, -0.2) is 28.3 Å². The van der Waals surface area contributed by atoms with Gasteiger partial charge in [-0.1, -0.05) is 48.5 Å². The SMILES string of the molecule is CC.CC.CC(C)C.CC(C)N(C(C)C)P(O)OCCC#N. The summed E-state index contributed by atoms with van der Waals surface area (Å²) in [6.45, 7) is 22.9. The van der Waals surface area contributed by atoms with Crippen molar-refractivity contribution in [2.24, 2.45) is 5.92 Å². The summed E-state index contributed by atoms with van der Waals surface area (Å²) < 4.78 is 7.10. The van der Waals surface area contributed by atoms with Gasteiger partial charge >= 0.3 is 0 Å². The van der Waals surface area contributed by atoms with Crippen LogP contribution in [0.3, 0.4) is 0 Å². The van der Waals surface area contributed by atoms with Gasteiger partial charge in [0.2, 0.25) is 0 Å². The summed E-state index contributed by atoms with van der Waals surface area (Å²) in [5.74, 6) is 0.833. The van der Waals surface area contributed by atoms with Crippen LogP contribution in [0.1, 0.15) is 82.6 Å². The van der Waals surface area contributed by atoms with Gasteiger partial charge in [-0.25, -0.2) is 4.67 Å². The zero-order valence-electron chi connectivity index (χ0n) is 16.8. The number of hydrogen-bond acceptors (Lipinski definition) is 4. The molecule has 0 saturated heterocycles. The van der Waals surface area contributed by atoms with E-state index in [1.54, 1.807) is 0 Å². The summed E-state index contributed by atoms with van der Waals surface area (Å²) in [7, 11) is -1.55. The second-order valence-corrected chi connectivity index (χ2v) is 6.52. The van der Waals surface area contributed by atoms with Crippen molar-refractivity contribution < 1.29 is 9.42 Å². The van der Waals surface area contributed by atoms with Crippen LogP contribution in [0.2, 0.25) is 0 Å². The van der Waals surface area contributed by atoms with Gasteiger partial charge in [-0.2, -0.15) is 5.26 Å². The van der Waals surface area contributed by atoms with E-state index in [2.05, 4.69) is 20.8 Å². The zero-order chi connectivity index (χ0) is 18.7. The molecule has 0 fully saturated rings. The molecule has 0 aromatic heterocycles. The van der Waals surface area contributed by atoms with E-state index in [0.29, 0.717) is 13.0 Å². The topological polar surface area (TPSA) is 56.5 Å². The first-order chi connectivity index (χ1) is 10.2. The molecule has 4 nitrogen and oxygen atoms in total. The van der Waals surface area contributed by atoms with Crippen LogP contribution in [0.5, 0.6) is 0 Å². The first-order valence-electron chi connectivity index (χ1n) is 8.51. The lowest BCUT2D eigenvalue weighted by Gasteiger charge is -2.32. The standard InChI is InChI=1S/C9H19N2O2P.C4H10.2C2H6/c1-8(2)11(9(3)4)14(12)13-7-5-6-10;1-4(2)3;2*1-2/h8-9,12H,5,7H2,1-4H3;4H,1-3H3;2*1-2H3. The Bertz CT molecular complexity index is 218. The molecule has 5 heteroatoms. The summed E-state index contributed by atoms with van der Waals surface area (Å²) in [5, 5.41) is 8.32. The van der Waals surface area contributed by atoms with Gasteiger partial charge in [-0.15, -0.1) is 0 Å². The molecule has 0 spiro atoms. The van der Waals surface area contributed by atoms with E-state index in [1.165, 1.54) is 0 Å². The number of nitrogens with zero attached hydrogens (tertiary/aromatic N) is 2. The summed E-state index contributed by atoms with van der Waals surface area (Å²) in [4.78, 5) is 9.74. The van der Waals surface area contributed by atoms with Crippen molar-refractivity contribution in [1.82, 2.24) is 4.67 Å². The van der Waals surface area contributed by atoms with Crippen molar-refractivity contribution in [3.05, 3.63) is 0 Å². The molecule has 136 valence electrons. The second kappa shape index (κ2) is 23.1. The second-order valence-electron chi connectivity index (χ2n) is 5.29. The highest BCUT2D eigenvalue weighted by molar-refractivity contribution is 7.43. The first kappa shape index (κ1) is 29.8. The highest BCUT2D eigenvalue weighted by Gasteiger charge is 2.23. The highest BCUT2D eigenvalue weighted by atomic mass is 31.2.